The average Bonchev–Trinajstić information content (AvgIpc) is 3.17. The van der Waals surface area contributed by atoms with Crippen LogP contribution in [0.5, 0.6) is 0 Å². The summed E-state index contributed by atoms with van der Waals surface area (Å²) in [6.45, 7) is 0. The molecule has 4 aromatic rings. The zero-order valence-electron chi connectivity index (χ0n) is 10.6. The van der Waals surface area contributed by atoms with Gasteiger partial charge in [0.25, 0.3) is 0 Å². The standard InChI is InChI=1S/C15H11N5/c1-6-18-20(8-1)13-4-2-12(3-5-13)14-10-17-15-11-16-7-9-19(14)15/h1-11H. The van der Waals surface area contributed by atoms with Crippen LogP contribution in [-0.2, 0) is 0 Å². The summed E-state index contributed by atoms with van der Waals surface area (Å²) in [4.78, 5) is 8.42. The lowest BCUT2D eigenvalue weighted by Crippen LogP contribution is -1.94. The van der Waals surface area contributed by atoms with Crippen molar-refractivity contribution < 1.29 is 0 Å². The van der Waals surface area contributed by atoms with Gasteiger partial charge in [0.1, 0.15) is 0 Å². The minimum atomic E-state index is 0.846. The van der Waals surface area contributed by atoms with Crippen molar-refractivity contribution in [1.29, 1.82) is 0 Å². The molecule has 20 heavy (non-hydrogen) atoms. The van der Waals surface area contributed by atoms with E-state index in [9.17, 15) is 0 Å². The Balaban J connectivity index is 1.79. The quantitative estimate of drug-likeness (QED) is 0.557. The molecular weight excluding hydrogens is 250 g/mol. The van der Waals surface area contributed by atoms with Crippen LogP contribution in [0, 0.1) is 0 Å². The summed E-state index contributed by atoms with van der Waals surface area (Å²) in [5.41, 5.74) is 4.04. The van der Waals surface area contributed by atoms with Gasteiger partial charge in [-0.1, -0.05) is 12.1 Å². The van der Waals surface area contributed by atoms with Gasteiger partial charge in [-0.3, -0.25) is 9.38 Å². The first kappa shape index (κ1) is 10.9. The Morgan fingerprint density at radius 3 is 2.60 bits per heavy atom. The zero-order valence-corrected chi connectivity index (χ0v) is 10.6. The number of hydrogen-bond acceptors (Lipinski definition) is 3. The maximum atomic E-state index is 4.35. The van der Waals surface area contributed by atoms with E-state index in [0.29, 0.717) is 0 Å². The predicted molar refractivity (Wildman–Crippen MR) is 75.5 cm³/mol. The molecule has 0 N–H and O–H groups in total. The molecule has 0 saturated carbocycles. The highest BCUT2D eigenvalue weighted by molar-refractivity contribution is 5.64. The minimum absolute atomic E-state index is 0.846. The van der Waals surface area contributed by atoms with E-state index >= 15 is 0 Å². The van der Waals surface area contributed by atoms with Crippen molar-refractivity contribution in [2.45, 2.75) is 0 Å². The Morgan fingerprint density at radius 1 is 0.900 bits per heavy atom. The third-order valence-corrected chi connectivity index (χ3v) is 3.25. The molecule has 1 aromatic carbocycles. The Kier molecular flexibility index (Phi) is 2.35. The third-order valence-electron chi connectivity index (χ3n) is 3.25. The number of nitrogens with zero attached hydrogens (tertiary/aromatic N) is 5. The van der Waals surface area contributed by atoms with E-state index < -0.39 is 0 Å². The van der Waals surface area contributed by atoms with Gasteiger partial charge in [-0.15, -0.1) is 0 Å². The van der Waals surface area contributed by atoms with Crippen molar-refractivity contribution in [3.05, 3.63) is 67.5 Å². The van der Waals surface area contributed by atoms with Gasteiger partial charge in [0.15, 0.2) is 5.65 Å². The van der Waals surface area contributed by atoms with E-state index in [1.54, 1.807) is 18.6 Å². The van der Waals surface area contributed by atoms with Gasteiger partial charge in [0, 0.05) is 30.4 Å². The normalized spacial score (nSPS) is 11.0. The predicted octanol–water partition coefficient (Wildman–Crippen LogP) is 2.58. The highest BCUT2D eigenvalue weighted by atomic mass is 15.3. The summed E-state index contributed by atoms with van der Waals surface area (Å²) in [6, 6.07) is 10.1. The van der Waals surface area contributed by atoms with E-state index in [2.05, 4.69) is 27.2 Å². The van der Waals surface area contributed by atoms with Gasteiger partial charge in [0.05, 0.1) is 23.8 Å². The summed E-state index contributed by atoms with van der Waals surface area (Å²) in [6.07, 6.45) is 11.0. The molecule has 4 rings (SSSR count). The molecule has 0 aliphatic carbocycles. The summed E-state index contributed by atoms with van der Waals surface area (Å²) in [5.74, 6) is 0. The topological polar surface area (TPSA) is 48.0 Å². The van der Waals surface area contributed by atoms with E-state index in [1.807, 2.05) is 45.9 Å². The SMILES string of the molecule is c1cnn(-c2ccc(-c3cnc4cnccn34)cc2)c1. The lowest BCUT2D eigenvalue weighted by Gasteiger charge is -2.04. The van der Waals surface area contributed by atoms with Crippen LogP contribution >= 0.6 is 0 Å². The zero-order chi connectivity index (χ0) is 13.4. The van der Waals surface area contributed by atoms with Crippen molar-refractivity contribution in [2.75, 3.05) is 0 Å². The first-order chi connectivity index (χ1) is 9.92. The van der Waals surface area contributed by atoms with Crippen molar-refractivity contribution >= 4 is 5.65 Å². The first-order valence-electron chi connectivity index (χ1n) is 6.29. The van der Waals surface area contributed by atoms with Crippen LogP contribution < -0.4 is 0 Å². The highest BCUT2D eigenvalue weighted by Gasteiger charge is 2.05. The van der Waals surface area contributed by atoms with Gasteiger partial charge in [-0.2, -0.15) is 5.10 Å². The third kappa shape index (κ3) is 1.68. The largest absolute Gasteiger partial charge is 0.297 e. The van der Waals surface area contributed by atoms with E-state index in [1.165, 1.54) is 0 Å². The molecule has 3 aromatic heterocycles. The fraction of sp³-hybridized carbons (Fsp3) is 0. The minimum Gasteiger partial charge on any atom is -0.297 e. The summed E-state index contributed by atoms with van der Waals surface area (Å²) in [5, 5.41) is 4.22. The maximum absolute atomic E-state index is 4.35. The molecule has 0 saturated heterocycles. The molecule has 0 aliphatic heterocycles. The number of rotatable bonds is 2. The van der Waals surface area contributed by atoms with Crippen LogP contribution in [0.2, 0.25) is 0 Å². The van der Waals surface area contributed by atoms with E-state index in [4.69, 9.17) is 0 Å². The molecule has 96 valence electrons. The van der Waals surface area contributed by atoms with Gasteiger partial charge >= 0.3 is 0 Å². The molecule has 0 amide bonds. The van der Waals surface area contributed by atoms with Crippen molar-refractivity contribution in [3.8, 4) is 16.9 Å². The molecule has 0 aliphatic rings. The molecular formula is C15H11N5. The molecule has 5 heteroatoms. The second kappa shape index (κ2) is 4.31. The Labute approximate surface area is 115 Å². The van der Waals surface area contributed by atoms with Gasteiger partial charge in [0.2, 0.25) is 0 Å². The summed E-state index contributed by atoms with van der Waals surface area (Å²) < 4.78 is 3.86. The summed E-state index contributed by atoms with van der Waals surface area (Å²) >= 11 is 0. The molecule has 0 spiro atoms. The average molecular weight is 261 g/mol. The maximum Gasteiger partial charge on any atom is 0.155 e. The van der Waals surface area contributed by atoms with Crippen LogP contribution in [-0.4, -0.2) is 24.1 Å². The molecule has 5 nitrogen and oxygen atoms in total. The van der Waals surface area contributed by atoms with Crippen LogP contribution in [0.25, 0.3) is 22.6 Å². The Morgan fingerprint density at radius 2 is 1.80 bits per heavy atom. The monoisotopic (exact) mass is 261 g/mol. The molecule has 3 heterocycles. The first-order valence-corrected chi connectivity index (χ1v) is 6.29. The van der Waals surface area contributed by atoms with Crippen molar-refractivity contribution in [3.63, 3.8) is 0 Å². The lowest BCUT2D eigenvalue weighted by atomic mass is 10.1. The van der Waals surface area contributed by atoms with Gasteiger partial charge in [-0.05, 0) is 18.2 Å². The lowest BCUT2D eigenvalue weighted by molar-refractivity contribution is 0.880. The number of aromatic nitrogens is 5. The Hall–Kier alpha value is -2.95. The molecule has 0 fully saturated rings. The van der Waals surface area contributed by atoms with E-state index in [0.717, 1.165) is 22.6 Å². The fourth-order valence-corrected chi connectivity index (χ4v) is 2.26. The molecule has 0 radical (unpaired) electrons. The van der Waals surface area contributed by atoms with Crippen LogP contribution in [0.4, 0.5) is 0 Å². The van der Waals surface area contributed by atoms with Crippen LogP contribution in [0.1, 0.15) is 0 Å². The number of fused-ring (bicyclic) bond motifs is 1. The number of imidazole rings is 1. The highest BCUT2D eigenvalue weighted by Crippen LogP contribution is 2.21. The Bertz CT molecular complexity index is 844. The van der Waals surface area contributed by atoms with Crippen LogP contribution in [0.15, 0.2) is 67.5 Å². The number of hydrogen-bond donors (Lipinski definition) is 0. The smallest absolute Gasteiger partial charge is 0.155 e. The van der Waals surface area contributed by atoms with Gasteiger partial charge < -0.3 is 0 Å². The van der Waals surface area contributed by atoms with Crippen molar-refractivity contribution in [2.24, 2.45) is 0 Å². The molecule has 0 unspecified atom stereocenters. The van der Waals surface area contributed by atoms with Crippen molar-refractivity contribution in [1.82, 2.24) is 24.1 Å². The molecule has 0 bridgehead atoms. The van der Waals surface area contributed by atoms with Crippen LogP contribution in [0.3, 0.4) is 0 Å². The second-order valence-electron chi connectivity index (χ2n) is 4.45. The molecule has 0 atom stereocenters. The fourth-order valence-electron chi connectivity index (χ4n) is 2.26. The van der Waals surface area contributed by atoms with E-state index in [-0.39, 0.29) is 0 Å². The van der Waals surface area contributed by atoms with Gasteiger partial charge in [-0.25, -0.2) is 9.67 Å². The number of benzene rings is 1. The second-order valence-corrected chi connectivity index (χ2v) is 4.45. The summed E-state index contributed by atoms with van der Waals surface area (Å²) in [7, 11) is 0.